The van der Waals surface area contributed by atoms with Crippen molar-refractivity contribution in [2.45, 2.75) is 37.8 Å². The molecule has 3 rings (SSSR count). The van der Waals surface area contributed by atoms with Crippen LogP contribution in [0.5, 0.6) is 5.75 Å². The average molecular weight is 247 g/mol. The third kappa shape index (κ3) is 2.25. The van der Waals surface area contributed by atoms with Crippen molar-refractivity contribution in [2.75, 3.05) is 19.7 Å². The summed E-state index contributed by atoms with van der Waals surface area (Å²) < 4.78 is 5.80. The van der Waals surface area contributed by atoms with Crippen LogP contribution in [-0.2, 0) is 0 Å². The second kappa shape index (κ2) is 5.29. The van der Waals surface area contributed by atoms with Gasteiger partial charge < -0.3 is 9.84 Å². The molecule has 3 heteroatoms. The summed E-state index contributed by atoms with van der Waals surface area (Å²) in [6.07, 6.45) is 4.71. The number of para-hydroxylation sites is 1. The van der Waals surface area contributed by atoms with E-state index in [-0.39, 0.29) is 6.04 Å². The Morgan fingerprint density at radius 3 is 2.56 bits per heavy atom. The second-order valence-electron chi connectivity index (χ2n) is 5.31. The molecule has 2 heterocycles. The van der Waals surface area contributed by atoms with E-state index in [0.717, 1.165) is 24.4 Å². The molecule has 2 aliphatic heterocycles. The summed E-state index contributed by atoms with van der Waals surface area (Å²) in [6.45, 7) is 2.79. The Kier molecular flexibility index (Phi) is 3.52. The van der Waals surface area contributed by atoms with Crippen molar-refractivity contribution in [2.24, 2.45) is 0 Å². The third-order valence-corrected chi connectivity index (χ3v) is 4.12. The lowest BCUT2D eigenvalue weighted by Gasteiger charge is -2.37. The minimum Gasteiger partial charge on any atom is -0.491 e. The molecule has 1 saturated heterocycles. The van der Waals surface area contributed by atoms with Crippen LogP contribution in [0.2, 0.25) is 0 Å². The largest absolute Gasteiger partial charge is 0.491 e. The van der Waals surface area contributed by atoms with Gasteiger partial charge in [-0.1, -0.05) is 31.0 Å². The van der Waals surface area contributed by atoms with E-state index in [1.165, 1.54) is 25.7 Å². The molecule has 1 fully saturated rings. The van der Waals surface area contributed by atoms with Crippen molar-refractivity contribution < 1.29 is 9.84 Å². The molecule has 0 aliphatic carbocycles. The molecule has 0 saturated carbocycles. The van der Waals surface area contributed by atoms with E-state index in [0.29, 0.717) is 6.61 Å². The van der Waals surface area contributed by atoms with Gasteiger partial charge in [0.25, 0.3) is 0 Å². The van der Waals surface area contributed by atoms with Gasteiger partial charge in [0.05, 0.1) is 6.04 Å². The van der Waals surface area contributed by atoms with Crippen molar-refractivity contribution in [3.8, 4) is 5.75 Å². The number of nitrogens with zero attached hydrogens (tertiary/aromatic N) is 1. The number of hydrogen-bond acceptors (Lipinski definition) is 3. The van der Waals surface area contributed by atoms with Gasteiger partial charge in [-0.25, -0.2) is 0 Å². The highest BCUT2D eigenvalue weighted by molar-refractivity contribution is 5.37. The van der Waals surface area contributed by atoms with E-state index >= 15 is 0 Å². The van der Waals surface area contributed by atoms with Gasteiger partial charge in [-0.15, -0.1) is 0 Å². The molecule has 0 spiro atoms. The van der Waals surface area contributed by atoms with E-state index in [2.05, 4.69) is 4.90 Å². The number of likely N-dealkylation sites (tertiary alicyclic amines) is 1. The summed E-state index contributed by atoms with van der Waals surface area (Å²) in [5.41, 5.74) is 0.943. The fraction of sp³-hybridized carbons (Fsp3) is 0.600. The molecule has 2 unspecified atom stereocenters. The molecule has 0 amide bonds. The SMILES string of the molecule is OC1c2ccccc2OCC1N1CCCCCC1. The molecule has 1 aromatic rings. The summed E-state index contributed by atoms with van der Waals surface area (Å²) >= 11 is 0. The van der Waals surface area contributed by atoms with Crippen molar-refractivity contribution in [3.63, 3.8) is 0 Å². The van der Waals surface area contributed by atoms with Gasteiger partial charge in [-0.05, 0) is 32.0 Å². The first-order valence-electron chi connectivity index (χ1n) is 7.00. The van der Waals surface area contributed by atoms with Gasteiger partial charge in [0.15, 0.2) is 0 Å². The van der Waals surface area contributed by atoms with Crippen LogP contribution in [0.15, 0.2) is 24.3 Å². The number of ether oxygens (including phenoxy) is 1. The third-order valence-electron chi connectivity index (χ3n) is 4.12. The highest BCUT2D eigenvalue weighted by Gasteiger charge is 2.33. The molecule has 18 heavy (non-hydrogen) atoms. The van der Waals surface area contributed by atoms with Crippen LogP contribution in [0.1, 0.15) is 37.4 Å². The number of aliphatic hydroxyl groups is 1. The first kappa shape index (κ1) is 12.0. The number of rotatable bonds is 1. The molecule has 2 aliphatic rings. The molecule has 0 aromatic heterocycles. The highest BCUT2D eigenvalue weighted by Crippen LogP contribution is 2.34. The number of benzene rings is 1. The fourth-order valence-corrected chi connectivity index (χ4v) is 3.06. The zero-order chi connectivity index (χ0) is 12.4. The quantitative estimate of drug-likeness (QED) is 0.827. The Hall–Kier alpha value is -1.06. The van der Waals surface area contributed by atoms with E-state index in [1.54, 1.807) is 0 Å². The molecule has 0 radical (unpaired) electrons. The summed E-state index contributed by atoms with van der Waals surface area (Å²) in [6, 6.07) is 7.97. The van der Waals surface area contributed by atoms with Crippen LogP contribution >= 0.6 is 0 Å². The number of hydrogen-bond donors (Lipinski definition) is 1. The van der Waals surface area contributed by atoms with E-state index in [9.17, 15) is 5.11 Å². The van der Waals surface area contributed by atoms with Crippen LogP contribution in [0.4, 0.5) is 0 Å². The van der Waals surface area contributed by atoms with Gasteiger partial charge in [-0.3, -0.25) is 4.90 Å². The van der Waals surface area contributed by atoms with Crippen molar-refractivity contribution >= 4 is 0 Å². The van der Waals surface area contributed by atoms with E-state index < -0.39 is 6.10 Å². The lowest BCUT2D eigenvalue weighted by Crippen LogP contribution is -2.46. The maximum absolute atomic E-state index is 10.5. The van der Waals surface area contributed by atoms with Gasteiger partial charge in [0.2, 0.25) is 0 Å². The monoisotopic (exact) mass is 247 g/mol. The normalized spacial score (nSPS) is 29.2. The van der Waals surface area contributed by atoms with Gasteiger partial charge in [0, 0.05) is 5.56 Å². The zero-order valence-electron chi connectivity index (χ0n) is 10.7. The molecule has 0 bridgehead atoms. The van der Waals surface area contributed by atoms with Crippen molar-refractivity contribution in [3.05, 3.63) is 29.8 Å². The summed E-state index contributed by atoms with van der Waals surface area (Å²) in [7, 11) is 0. The van der Waals surface area contributed by atoms with Gasteiger partial charge in [0.1, 0.15) is 18.5 Å². The van der Waals surface area contributed by atoms with Gasteiger partial charge >= 0.3 is 0 Å². The zero-order valence-corrected chi connectivity index (χ0v) is 10.7. The Bertz CT molecular complexity index is 399. The van der Waals surface area contributed by atoms with Crippen LogP contribution < -0.4 is 4.74 Å². The predicted molar refractivity (Wildman–Crippen MR) is 70.7 cm³/mol. The first-order chi connectivity index (χ1) is 8.86. The molecule has 3 nitrogen and oxygen atoms in total. The molecule has 1 N–H and O–H groups in total. The Morgan fingerprint density at radius 2 is 1.78 bits per heavy atom. The Labute approximate surface area is 108 Å². The fourth-order valence-electron chi connectivity index (χ4n) is 3.06. The summed E-state index contributed by atoms with van der Waals surface area (Å²) in [5, 5.41) is 10.5. The predicted octanol–water partition coefficient (Wildman–Crippen LogP) is 2.36. The highest BCUT2D eigenvalue weighted by atomic mass is 16.5. The van der Waals surface area contributed by atoms with Crippen LogP contribution in [0.25, 0.3) is 0 Å². The number of fused-ring (bicyclic) bond motifs is 1. The molecular formula is C15H21NO2. The lowest BCUT2D eigenvalue weighted by atomic mass is 9.98. The van der Waals surface area contributed by atoms with Crippen LogP contribution in [-0.4, -0.2) is 35.7 Å². The lowest BCUT2D eigenvalue weighted by molar-refractivity contribution is 0.00484. The standard InChI is InChI=1S/C15H21NO2/c17-15-12-7-3-4-8-14(12)18-11-13(15)16-9-5-1-2-6-10-16/h3-4,7-8,13,15,17H,1-2,5-6,9-11H2. The second-order valence-corrected chi connectivity index (χ2v) is 5.31. The van der Waals surface area contributed by atoms with Crippen molar-refractivity contribution in [1.82, 2.24) is 4.90 Å². The first-order valence-corrected chi connectivity index (χ1v) is 7.00. The van der Waals surface area contributed by atoms with Crippen molar-refractivity contribution in [1.29, 1.82) is 0 Å². The van der Waals surface area contributed by atoms with Crippen LogP contribution in [0.3, 0.4) is 0 Å². The topological polar surface area (TPSA) is 32.7 Å². The number of aliphatic hydroxyl groups excluding tert-OH is 1. The maximum atomic E-state index is 10.5. The Morgan fingerprint density at radius 1 is 1.06 bits per heavy atom. The molecule has 98 valence electrons. The Balaban J connectivity index is 1.78. The average Bonchev–Trinajstić information content (AvgIpc) is 2.68. The van der Waals surface area contributed by atoms with E-state index in [4.69, 9.17) is 4.74 Å². The molecule has 2 atom stereocenters. The van der Waals surface area contributed by atoms with Crippen LogP contribution in [0, 0.1) is 0 Å². The van der Waals surface area contributed by atoms with Gasteiger partial charge in [-0.2, -0.15) is 0 Å². The molecular weight excluding hydrogens is 226 g/mol. The molecule has 1 aromatic carbocycles. The van der Waals surface area contributed by atoms with E-state index in [1.807, 2.05) is 24.3 Å². The smallest absolute Gasteiger partial charge is 0.125 e. The maximum Gasteiger partial charge on any atom is 0.125 e. The summed E-state index contributed by atoms with van der Waals surface area (Å²) in [4.78, 5) is 2.41. The minimum absolute atomic E-state index is 0.123. The minimum atomic E-state index is -0.409. The summed E-state index contributed by atoms with van der Waals surface area (Å²) in [5.74, 6) is 0.844.